The van der Waals surface area contributed by atoms with Gasteiger partial charge in [-0.15, -0.1) is 0 Å². The van der Waals surface area contributed by atoms with Crippen LogP contribution in [-0.4, -0.2) is 68.4 Å². The van der Waals surface area contributed by atoms with Gasteiger partial charge < -0.3 is 35.5 Å². The Kier molecular flexibility index (Phi) is 9.22. The second kappa shape index (κ2) is 13.0. The van der Waals surface area contributed by atoms with Gasteiger partial charge in [0.1, 0.15) is 11.6 Å². The largest absolute Gasteiger partial charge is 0.443 e. The fraction of sp³-hybridized carbons (Fsp3) is 0.345. The van der Waals surface area contributed by atoms with Crippen molar-refractivity contribution in [3.05, 3.63) is 77.0 Å². The van der Waals surface area contributed by atoms with Gasteiger partial charge in [-0.3, -0.25) is 10.2 Å². The summed E-state index contributed by atoms with van der Waals surface area (Å²) in [5.41, 5.74) is 4.23. The first kappa shape index (κ1) is 27.7. The summed E-state index contributed by atoms with van der Waals surface area (Å²) in [5, 5.41) is 20.6. The third-order valence-corrected chi connectivity index (χ3v) is 6.62. The summed E-state index contributed by atoms with van der Waals surface area (Å²) in [4.78, 5) is 28.6. The zero-order valence-corrected chi connectivity index (χ0v) is 22.8. The Morgan fingerprint density at radius 3 is 2.38 bits per heavy atom. The minimum absolute atomic E-state index is 0.115. The van der Waals surface area contributed by atoms with Crippen molar-refractivity contribution in [3.8, 4) is 0 Å². The lowest BCUT2D eigenvalue weighted by Crippen LogP contribution is -2.37. The molecule has 10 heteroatoms. The van der Waals surface area contributed by atoms with E-state index in [1.54, 1.807) is 7.05 Å². The van der Waals surface area contributed by atoms with Crippen LogP contribution in [0.1, 0.15) is 28.9 Å². The molecule has 0 saturated carbocycles. The summed E-state index contributed by atoms with van der Waals surface area (Å²) in [6, 6.07) is 16.6. The summed E-state index contributed by atoms with van der Waals surface area (Å²) < 4.78 is 6.02. The van der Waals surface area contributed by atoms with E-state index in [4.69, 9.17) is 9.83 Å². The molecule has 0 aliphatic carbocycles. The summed E-state index contributed by atoms with van der Waals surface area (Å²) in [6.07, 6.45) is 1.84. The molecule has 2 aromatic carbocycles. The van der Waals surface area contributed by atoms with Gasteiger partial charge in [0.25, 0.3) is 0 Å². The molecular weight excluding hydrogens is 494 g/mol. The van der Waals surface area contributed by atoms with Crippen molar-refractivity contribution in [2.75, 3.05) is 56.7 Å². The number of nitrogens with one attached hydrogen (secondary N) is 5. The van der Waals surface area contributed by atoms with Crippen LogP contribution in [0.25, 0.3) is 0 Å². The number of urea groups is 1. The van der Waals surface area contributed by atoms with Gasteiger partial charge in [0.15, 0.2) is 0 Å². The van der Waals surface area contributed by atoms with E-state index in [1.165, 1.54) is 0 Å². The Bertz CT molecular complexity index is 1290. The van der Waals surface area contributed by atoms with Gasteiger partial charge in [0.2, 0.25) is 11.8 Å². The van der Waals surface area contributed by atoms with Crippen molar-refractivity contribution < 1.29 is 14.0 Å². The maximum atomic E-state index is 12.6. The zero-order valence-electron chi connectivity index (χ0n) is 22.8. The van der Waals surface area contributed by atoms with Crippen LogP contribution in [0.15, 0.2) is 59.0 Å². The first-order chi connectivity index (χ1) is 18.8. The number of anilines is 3. The third kappa shape index (κ3) is 7.38. The SMILES string of the molecule is CNc1oc2c(c1C(=N)NCCc1ccc(NC(=O)Nc3ccccc3)cc1)CCN(C(=O)CCN(C)C)C2. The second-order valence-electron chi connectivity index (χ2n) is 9.77. The number of benzene rings is 2. The number of amidine groups is 1. The molecule has 0 unspecified atom stereocenters. The highest BCUT2D eigenvalue weighted by atomic mass is 16.4. The Labute approximate surface area is 229 Å². The van der Waals surface area contributed by atoms with E-state index in [2.05, 4.69) is 21.3 Å². The third-order valence-electron chi connectivity index (χ3n) is 6.62. The van der Waals surface area contributed by atoms with Crippen molar-refractivity contribution in [1.29, 1.82) is 5.41 Å². The van der Waals surface area contributed by atoms with Gasteiger partial charge in [-0.05, 0) is 56.8 Å². The van der Waals surface area contributed by atoms with E-state index < -0.39 is 0 Å². The van der Waals surface area contributed by atoms with Gasteiger partial charge in [-0.25, -0.2) is 4.79 Å². The molecule has 206 valence electrons. The van der Waals surface area contributed by atoms with E-state index in [9.17, 15) is 9.59 Å². The normalized spacial score (nSPS) is 12.6. The summed E-state index contributed by atoms with van der Waals surface area (Å²) in [7, 11) is 5.69. The number of hydrogen-bond acceptors (Lipinski definition) is 6. The van der Waals surface area contributed by atoms with Crippen molar-refractivity contribution in [3.63, 3.8) is 0 Å². The first-order valence-corrected chi connectivity index (χ1v) is 13.1. The van der Waals surface area contributed by atoms with Gasteiger partial charge in [0, 0.05) is 50.0 Å². The van der Waals surface area contributed by atoms with Crippen LogP contribution in [0.2, 0.25) is 0 Å². The number of rotatable bonds is 10. The molecule has 0 radical (unpaired) electrons. The molecule has 2 heterocycles. The Balaban J connectivity index is 1.28. The topological polar surface area (TPSA) is 126 Å². The lowest BCUT2D eigenvalue weighted by atomic mass is 10.0. The van der Waals surface area contributed by atoms with Crippen molar-refractivity contribution in [2.45, 2.75) is 25.8 Å². The molecule has 0 spiro atoms. The van der Waals surface area contributed by atoms with Crippen LogP contribution < -0.4 is 21.3 Å². The monoisotopic (exact) mass is 531 g/mol. The minimum atomic E-state index is -0.297. The van der Waals surface area contributed by atoms with Crippen molar-refractivity contribution >= 4 is 35.0 Å². The van der Waals surface area contributed by atoms with Crippen LogP contribution in [0.3, 0.4) is 0 Å². The maximum Gasteiger partial charge on any atom is 0.323 e. The second-order valence-corrected chi connectivity index (χ2v) is 9.77. The molecule has 1 aromatic heterocycles. The van der Waals surface area contributed by atoms with Gasteiger partial charge >= 0.3 is 6.03 Å². The first-order valence-electron chi connectivity index (χ1n) is 13.1. The number of carbonyl (C=O) groups excluding carboxylic acids is 2. The number of nitrogens with zero attached hydrogens (tertiary/aromatic N) is 2. The van der Waals surface area contributed by atoms with Crippen LogP contribution in [0.5, 0.6) is 0 Å². The van der Waals surface area contributed by atoms with Gasteiger partial charge in [-0.1, -0.05) is 30.3 Å². The fourth-order valence-electron chi connectivity index (χ4n) is 4.52. The lowest BCUT2D eigenvalue weighted by Gasteiger charge is -2.27. The molecule has 1 aliphatic heterocycles. The molecule has 39 heavy (non-hydrogen) atoms. The van der Waals surface area contributed by atoms with E-state index in [1.807, 2.05) is 78.5 Å². The number of furan rings is 1. The van der Waals surface area contributed by atoms with E-state index in [-0.39, 0.29) is 11.9 Å². The van der Waals surface area contributed by atoms with E-state index in [0.29, 0.717) is 62.8 Å². The maximum absolute atomic E-state index is 12.6. The van der Waals surface area contributed by atoms with Crippen LogP contribution in [0, 0.1) is 5.41 Å². The fourth-order valence-corrected chi connectivity index (χ4v) is 4.52. The predicted molar refractivity (Wildman–Crippen MR) is 155 cm³/mol. The van der Waals surface area contributed by atoms with Crippen molar-refractivity contribution in [1.82, 2.24) is 15.1 Å². The van der Waals surface area contributed by atoms with E-state index in [0.717, 1.165) is 28.1 Å². The van der Waals surface area contributed by atoms with Gasteiger partial charge in [0.05, 0.1) is 12.1 Å². The molecule has 3 amide bonds. The average Bonchev–Trinajstić information content (AvgIpc) is 3.31. The average molecular weight is 532 g/mol. The Hall–Kier alpha value is -4.31. The minimum Gasteiger partial charge on any atom is -0.443 e. The molecule has 0 atom stereocenters. The molecule has 0 bridgehead atoms. The smallest absolute Gasteiger partial charge is 0.323 e. The molecule has 5 N–H and O–H groups in total. The molecule has 0 fully saturated rings. The number of amides is 3. The molecular formula is C29H37N7O3. The number of fused-ring (bicyclic) bond motifs is 1. The molecule has 3 aromatic rings. The van der Waals surface area contributed by atoms with Crippen LogP contribution in [-0.2, 0) is 24.2 Å². The highest BCUT2D eigenvalue weighted by molar-refractivity contribution is 6.02. The Morgan fingerprint density at radius 2 is 1.72 bits per heavy atom. The molecule has 4 rings (SSSR count). The zero-order chi connectivity index (χ0) is 27.8. The van der Waals surface area contributed by atoms with Crippen LogP contribution >= 0.6 is 0 Å². The number of hydrogen-bond donors (Lipinski definition) is 5. The van der Waals surface area contributed by atoms with Crippen molar-refractivity contribution in [2.24, 2.45) is 0 Å². The summed E-state index contributed by atoms with van der Waals surface area (Å²) >= 11 is 0. The lowest BCUT2D eigenvalue weighted by molar-refractivity contribution is -0.132. The Morgan fingerprint density at radius 1 is 1.03 bits per heavy atom. The number of para-hydroxylation sites is 1. The predicted octanol–water partition coefficient (Wildman–Crippen LogP) is 3.96. The standard InChI is InChI=1S/C29H37N7O3/c1-31-28-26(23-14-18-36(19-24(23)39-28)25(37)15-17-35(2)3)27(30)32-16-13-20-9-11-22(12-10-20)34-29(38)33-21-7-5-4-6-8-21/h4-12,31H,13-19H2,1-3H3,(H2,30,32)(H2,33,34,38). The summed E-state index contributed by atoms with van der Waals surface area (Å²) in [5.74, 6) is 1.70. The number of carbonyl (C=O) groups is 2. The highest BCUT2D eigenvalue weighted by Crippen LogP contribution is 2.32. The van der Waals surface area contributed by atoms with Gasteiger partial charge in [-0.2, -0.15) is 0 Å². The van der Waals surface area contributed by atoms with E-state index >= 15 is 0 Å². The highest BCUT2D eigenvalue weighted by Gasteiger charge is 2.29. The molecule has 0 saturated heterocycles. The van der Waals surface area contributed by atoms with Crippen LogP contribution in [0.4, 0.5) is 22.1 Å². The molecule has 1 aliphatic rings. The summed E-state index contributed by atoms with van der Waals surface area (Å²) in [6.45, 7) is 2.32. The molecule has 10 nitrogen and oxygen atoms in total. The quantitative estimate of drug-likeness (QED) is 0.199.